The standard InChI is InChI=1S/C16H21N5OS/c22-16(19-8-4-13-5-10-23-12-13)20-14-3-1-9-21(11-14)15-17-6-2-7-18-15/h2,5-7,10,12,14H,1,3-4,8-9,11H2,(H2,19,20,22)/t14-/m0/s1. The first-order valence-electron chi connectivity index (χ1n) is 7.88. The summed E-state index contributed by atoms with van der Waals surface area (Å²) in [5.41, 5.74) is 1.26. The van der Waals surface area contributed by atoms with Crippen LogP contribution >= 0.6 is 11.3 Å². The summed E-state index contributed by atoms with van der Waals surface area (Å²) < 4.78 is 0. The molecule has 3 heterocycles. The van der Waals surface area contributed by atoms with Crippen molar-refractivity contribution in [1.29, 1.82) is 0 Å². The van der Waals surface area contributed by atoms with Crippen molar-refractivity contribution in [2.45, 2.75) is 25.3 Å². The van der Waals surface area contributed by atoms with Crippen molar-refractivity contribution in [1.82, 2.24) is 20.6 Å². The summed E-state index contributed by atoms with van der Waals surface area (Å²) in [5, 5.41) is 10.1. The van der Waals surface area contributed by atoms with Gasteiger partial charge in [-0.15, -0.1) is 0 Å². The minimum Gasteiger partial charge on any atom is -0.339 e. The van der Waals surface area contributed by atoms with Crippen LogP contribution < -0.4 is 15.5 Å². The second-order valence-electron chi connectivity index (χ2n) is 5.62. The van der Waals surface area contributed by atoms with E-state index in [9.17, 15) is 4.79 Å². The van der Waals surface area contributed by atoms with E-state index in [1.54, 1.807) is 23.7 Å². The minimum atomic E-state index is -0.0962. The van der Waals surface area contributed by atoms with Gasteiger partial charge in [0.25, 0.3) is 0 Å². The summed E-state index contributed by atoms with van der Waals surface area (Å²) in [5.74, 6) is 0.733. The van der Waals surface area contributed by atoms with Crippen LogP contribution in [0.5, 0.6) is 0 Å². The topological polar surface area (TPSA) is 70.2 Å². The lowest BCUT2D eigenvalue weighted by atomic mass is 10.1. The van der Waals surface area contributed by atoms with E-state index < -0.39 is 0 Å². The molecule has 1 atom stereocenters. The van der Waals surface area contributed by atoms with Gasteiger partial charge in [0, 0.05) is 38.1 Å². The van der Waals surface area contributed by atoms with Gasteiger partial charge in [0.05, 0.1) is 0 Å². The number of hydrogen-bond acceptors (Lipinski definition) is 5. The number of carbonyl (C=O) groups is 1. The minimum absolute atomic E-state index is 0.0962. The first-order chi connectivity index (χ1) is 11.3. The maximum atomic E-state index is 12.0. The van der Waals surface area contributed by atoms with Crippen molar-refractivity contribution >= 4 is 23.3 Å². The van der Waals surface area contributed by atoms with Gasteiger partial charge < -0.3 is 15.5 Å². The number of piperidine rings is 1. The van der Waals surface area contributed by atoms with Crippen LogP contribution in [0.25, 0.3) is 0 Å². The van der Waals surface area contributed by atoms with Crippen LogP contribution in [0, 0.1) is 0 Å². The van der Waals surface area contributed by atoms with Gasteiger partial charge in [0.2, 0.25) is 5.95 Å². The highest BCUT2D eigenvalue weighted by atomic mass is 32.1. The predicted molar refractivity (Wildman–Crippen MR) is 91.8 cm³/mol. The Morgan fingerprint density at radius 1 is 1.39 bits per heavy atom. The average Bonchev–Trinajstić information content (AvgIpc) is 3.09. The van der Waals surface area contributed by atoms with E-state index in [0.717, 1.165) is 38.3 Å². The Morgan fingerprint density at radius 2 is 2.26 bits per heavy atom. The molecule has 1 fully saturated rings. The zero-order valence-corrected chi connectivity index (χ0v) is 13.8. The molecular weight excluding hydrogens is 310 g/mol. The molecule has 0 aliphatic carbocycles. The van der Waals surface area contributed by atoms with Crippen molar-refractivity contribution in [2.75, 3.05) is 24.5 Å². The summed E-state index contributed by atoms with van der Waals surface area (Å²) in [6.07, 6.45) is 6.37. The Kier molecular flexibility index (Phi) is 5.42. The first-order valence-corrected chi connectivity index (χ1v) is 8.83. The molecule has 23 heavy (non-hydrogen) atoms. The zero-order chi connectivity index (χ0) is 15.9. The van der Waals surface area contributed by atoms with Gasteiger partial charge in [-0.1, -0.05) is 0 Å². The Labute approximate surface area is 140 Å². The maximum absolute atomic E-state index is 12.0. The third kappa shape index (κ3) is 4.66. The summed E-state index contributed by atoms with van der Waals surface area (Å²) in [6, 6.07) is 3.93. The second kappa shape index (κ2) is 7.92. The number of anilines is 1. The number of nitrogens with zero attached hydrogens (tertiary/aromatic N) is 3. The fourth-order valence-electron chi connectivity index (χ4n) is 2.72. The number of rotatable bonds is 5. The van der Waals surface area contributed by atoms with Crippen molar-refractivity contribution < 1.29 is 4.79 Å². The monoisotopic (exact) mass is 331 g/mol. The zero-order valence-electron chi connectivity index (χ0n) is 12.9. The van der Waals surface area contributed by atoms with E-state index in [-0.39, 0.29) is 12.1 Å². The highest BCUT2D eigenvalue weighted by Gasteiger charge is 2.22. The second-order valence-corrected chi connectivity index (χ2v) is 6.40. The number of amides is 2. The molecule has 7 heteroatoms. The molecule has 1 aliphatic heterocycles. The van der Waals surface area contributed by atoms with E-state index in [1.165, 1.54) is 5.56 Å². The van der Waals surface area contributed by atoms with Gasteiger partial charge in [-0.2, -0.15) is 11.3 Å². The largest absolute Gasteiger partial charge is 0.339 e. The molecule has 0 unspecified atom stereocenters. The molecule has 1 aliphatic rings. The molecule has 3 rings (SSSR count). The number of thiophene rings is 1. The van der Waals surface area contributed by atoms with Crippen LogP contribution in [0.4, 0.5) is 10.7 Å². The molecular formula is C16H21N5OS. The van der Waals surface area contributed by atoms with Gasteiger partial charge in [-0.25, -0.2) is 14.8 Å². The van der Waals surface area contributed by atoms with Crippen LogP contribution in [0.1, 0.15) is 18.4 Å². The van der Waals surface area contributed by atoms with E-state index in [2.05, 4.69) is 42.3 Å². The van der Waals surface area contributed by atoms with Gasteiger partial charge in [-0.3, -0.25) is 0 Å². The SMILES string of the molecule is O=C(NCCc1ccsc1)N[C@H]1CCCN(c2ncccn2)C1. The smallest absolute Gasteiger partial charge is 0.315 e. The van der Waals surface area contributed by atoms with Crippen LogP contribution in [0.2, 0.25) is 0 Å². The van der Waals surface area contributed by atoms with E-state index in [4.69, 9.17) is 0 Å². The summed E-state index contributed by atoms with van der Waals surface area (Å²) in [6.45, 7) is 2.34. The fraction of sp³-hybridized carbons (Fsp3) is 0.438. The predicted octanol–water partition coefficient (Wildman–Crippen LogP) is 2.05. The third-order valence-electron chi connectivity index (χ3n) is 3.87. The van der Waals surface area contributed by atoms with Gasteiger partial charge in [0.15, 0.2) is 0 Å². The lowest BCUT2D eigenvalue weighted by molar-refractivity contribution is 0.235. The molecule has 2 aromatic rings. The summed E-state index contributed by atoms with van der Waals surface area (Å²) in [7, 11) is 0. The highest BCUT2D eigenvalue weighted by Crippen LogP contribution is 2.15. The van der Waals surface area contributed by atoms with Crippen LogP contribution in [-0.4, -0.2) is 41.7 Å². The molecule has 0 radical (unpaired) electrons. The number of hydrogen-bond donors (Lipinski definition) is 2. The lowest BCUT2D eigenvalue weighted by Crippen LogP contribution is -2.51. The molecule has 0 spiro atoms. The van der Waals surface area contributed by atoms with Gasteiger partial charge >= 0.3 is 6.03 Å². The molecule has 2 aromatic heterocycles. The summed E-state index contributed by atoms with van der Waals surface area (Å²) >= 11 is 1.68. The van der Waals surface area contributed by atoms with Crippen LogP contribution in [0.3, 0.4) is 0 Å². The van der Waals surface area contributed by atoms with Crippen molar-refractivity contribution in [3.05, 3.63) is 40.8 Å². The lowest BCUT2D eigenvalue weighted by Gasteiger charge is -2.33. The van der Waals surface area contributed by atoms with Gasteiger partial charge in [0.1, 0.15) is 0 Å². The van der Waals surface area contributed by atoms with Crippen LogP contribution in [0.15, 0.2) is 35.3 Å². The van der Waals surface area contributed by atoms with Crippen LogP contribution in [-0.2, 0) is 6.42 Å². The number of carbonyl (C=O) groups excluding carboxylic acids is 1. The van der Waals surface area contributed by atoms with Crippen molar-refractivity contribution in [2.24, 2.45) is 0 Å². The van der Waals surface area contributed by atoms with Crippen molar-refractivity contribution in [3.8, 4) is 0 Å². The third-order valence-corrected chi connectivity index (χ3v) is 4.60. The number of nitrogens with one attached hydrogen (secondary N) is 2. The van der Waals surface area contributed by atoms with E-state index >= 15 is 0 Å². The quantitative estimate of drug-likeness (QED) is 0.880. The Hall–Kier alpha value is -2.15. The normalized spacial score (nSPS) is 17.7. The maximum Gasteiger partial charge on any atom is 0.315 e. The average molecular weight is 331 g/mol. The first kappa shape index (κ1) is 15.7. The highest BCUT2D eigenvalue weighted by molar-refractivity contribution is 7.07. The molecule has 2 N–H and O–H groups in total. The number of aromatic nitrogens is 2. The fourth-order valence-corrected chi connectivity index (χ4v) is 3.43. The van der Waals surface area contributed by atoms with Crippen molar-refractivity contribution in [3.63, 3.8) is 0 Å². The molecule has 122 valence electrons. The molecule has 6 nitrogen and oxygen atoms in total. The molecule has 0 saturated carbocycles. The Morgan fingerprint density at radius 3 is 3.04 bits per heavy atom. The molecule has 2 amide bonds. The Balaban J connectivity index is 1.43. The number of urea groups is 1. The molecule has 0 bridgehead atoms. The Bertz CT molecular complexity index is 604. The van der Waals surface area contributed by atoms with E-state index in [1.807, 2.05) is 6.07 Å². The molecule has 1 saturated heterocycles. The summed E-state index contributed by atoms with van der Waals surface area (Å²) in [4.78, 5) is 22.7. The van der Waals surface area contributed by atoms with Gasteiger partial charge in [-0.05, 0) is 47.7 Å². The van der Waals surface area contributed by atoms with E-state index in [0.29, 0.717) is 6.54 Å². The molecule has 0 aromatic carbocycles.